The summed E-state index contributed by atoms with van der Waals surface area (Å²) in [5.41, 5.74) is 0.740. The number of amides is 1. The maximum absolute atomic E-state index is 13.7. The molecule has 1 aromatic heterocycles. The second kappa shape index (κ2) is 10.5. The van der Waals surface area contributed by atoms with E-state index in [0.717, 1.165) is 6.54 Å². The van der Waals surface area contributed by atoms with Crippen LogP contribution in [0.3, 0.4) is 0 Å². The molecule has 0 radical (unpaired) electrons. The van der Waals surface area contributed by atoms with Crippen molar-refractivity contribution < 1.29 is 9.18 Å². The van der Waals surface area contributed by atoms with E-state index in [-0.39, 0.29) is 42.6 Å². The standard InChI is InChI=1S/C15H18FN3OS.2ClH/c1-3-17-10(2)8-18-14(20)13-9-21-15(19-13)11-6-4-5-7-12(11)16;;/h4-7,9-10,17H,3,8H2,1-2H3,(H,18,20);2*1H/t10-;;/m1../s1. The summed E-state index contributed by atoms with van der Waals surface area (Å²) in [4.78, 5) is 16.2. The van der Waals surface area contributed by atoms with Crippen LogP contribution in [-0.4, -0.2) is 30.0 Å². The van der Waals surface area contributed by atoms with Crippen LogP contribution in [0.15, 0.2) is 29.6 Å². The van der Waals surface area contributed by atoms with Crippen LogP contribution in [0.2, 0.25) is 0 Å². The van der Waals surface area contributed by atoms with Gasteiger partial charge in [0.25, 0.3) is 5.91 Å². The molecule has 2 rings (SSSR count). The fraction of sp³-hybridized carbons (Fsp3) is 0.333. The largest absolute Gasteiger partial charge is 0.349 e. The van der Waals surface area contributed by atoms with Crippen LogP contribution in [-0.2, 0) is 0 Å². The van der Waals surface area contributed by atoms with Gasteiger partial charge in [0.2, 0.25) is 0 Å². The highest BCUT2D eigenvalue weighted by Gasteiger charge is 2.14. The lowest BCUT2D eigenvalue weighted by Crippen LogP contribution is -2.38. The topological polar surface area (TPSA) is 54.0 Å². The molecule has 0 spiro atoms. The first-order chi connectivity index (χ1) is 10.1. The molecule has 0 bridgehead atoms. The van der Waals surface area contributed by atoms with Gasteiger partial charge in [-0.1, -0.05) is 19.1 Å². The van der Waals surface area contributed by atoms with Gasteiger partial charge in [0, 0.05) is 23.5 Å². The fourth-order valence-corrected chi connectivity index (χ4v) is 2.72. The van der Waals surface area contributed by atoms with E-state index in [2.05, 4.69) is 15.6 Å². The van der Waals surface area contributed by atoms with E-state index in [1.165, 1.54) is 17.4 Å². The molecule has 4 nitrogen and oxygen atoms in total. The average molecular weight is 380 g/mol. The summed E-state index contributed by atoms with van der Waals surface area (Å²) in [6.07, 6.45) is 0. The Morgan fingerprint density at radius 2 is 2.04 bits per heavy atom. The predicted molar refractivity (Wildman–Crippen MR) is 97.5 cm³/mol. The van der Waals surface area contributed by atoms with Crippen molar-refractivity contribution in [2.75, 3.05) is 13.1 Å². The molecule has 0 saturated carbocycles. The number of carbonyl (C=O) groups excluding carboxylic acids is 1. The van der Waals surface area contributed by atoms with E-state index in [4.69, 9.17) is 0 Å². The number of benzene rings is 1. The number of hydrogen-bond donors (Lipinski definition) is 2. The molecule has 2 aromatic rings. The van der Waals surface area contributed by atoms with Crippen molar-refractivity contribution >= 4 is 42.1 Å². The minimum absolute atomic E-state index is 0. The molecule has 23 heavy (non-hydrogen) atoms. The normalized spacial score (nSPS) is 11.1. The second-order valence-corrected chi connectivity index (χ2v) is 5.54. The number of likely N-dealkylation sites (N-methyl/N-ethyl adjacent to an activating group) is 1. The van der Waals surface area contributed by atoms with Crippen LogP contribution in [0.1, 0.15) is 24.3 Å². The Balaban J connectivity index is 0.00000242. The van der Waals surface area contributed by atoms with E-state index >= 15 is 0 Å². The lowest BCUT2D eigenvalue weighted by molar-refractivity contribution is 0.0946. The molecule has 1 amide bonds. The number of aromatic nitrogens is 1. The average Bonchev–Trinajstić information content (AvgIpc) is 2.95. The van der Waals surface area contributed by atoms with Gasteiger partial charge in [-0.15, -0.1) is 36.2 Å². The zero-order valence-corrected chi connectivity index (χ0v) is 15.3. The van der Waals surface area contributed by atoms with Crippen LogP contribution in [0.5, 0.6) is 0 Å². The Morgan fingerprint density at radius 1 is 1.35 bits per heavy atom. The summed E-state index contributed by atoms with van der Waals surface area (Å²) in [5, 5.41) is 8.18. The van der Waals surface area contributed by atoms with Gasteiger partial charge in [-0.3, -0.25) is 4.79 Å². The quantitative estimate of drug-likeness (QED) is 0.806. The van der Waals surface area contributed by atoms with E-state index in [9.17, 15) is 9.18 Å². The molecule has 0 saturated heterocycles. The monoisotopic (exact) mass is 379 g/mol. The van der Waals surface area contributed by atoms with Crippen LogP contribution in [0.4, 0.5) is 4.39 Å². The Kier molecular flexibility index (Phi) is 9.99. The van der Waals surface area contributed by atoms with E-state index in [0.29, 0.717) is 22.8 Å². The number of thiazole rings is 1. The lowest BCUT2D eigenvalue weighted by Gasteiger charge is -2.12. The zero-order chi connectivity index (χ0) is 15.2. The summed E-state index contributed by atoms with van der Waals surface area (Å²) >= 11 is 1.26. The van der Waals surface area contributed by atoms with Gasteiger partial charge < -0.3 is 10.6 Å². The van der Waals surface area contributed by atoms with Crippen LogP contribution >= 0.6 is 36.2 Å². The first-order valence-electron chi connectivity index (χ1n) is 6.83. The van der Waals surface area contributed by atoms with Gasteiger partial charge in [-0.25, -0.2) is 9.37 Å². The summed E-state index contributed by atoms with van der Waals surface area (Å²) in [6.45, 7) is 5.39. The fourth-order valence-electron chi connectivity index (χ4n) is 1.89. The van der Waals surface area contributed by atoms with E-state index in [1.54, 1.807) is 23.6 Å². The number of hydrogen-bond acceptors (Lipinski definition) is 4. The molecular formula is C15H20Cl2FN3OS. The van der Waals surface area contributed by atoms with Crippen molar-refractivity contribution in [3.05, 3.63) is 41.2 Å². The summed E-state index contributed by atoms with van der Waals surface area (Å²) < 4.78 is 13.7. The maximum atomic E-state index is 13.7. The molecular weight excluding hydrogens is 360 g/mol. The van der Waals surface area contributed by atoms with Gasteiger partial charge in [0.05, 0.1) is 0 Å². The molecule has 1 aromatic carbocycles. The highest BCUT2D eigenvalue weighted by molar-refractivity contribution is 7.13. The summed E-state index contributed by atoms with van der Waals surface area (Å²) in [5.74, 6) is -0.571. The van der Waals surface area contributed by atoms with E-state index in [1.807, 2.05) is 13.8 Å². The molecule has 8 heteroatoms. The van der Waals surface area contributed by atoms with Crippen molar-refractivity contribution in [1.82, 2.24) is 15.6 Å². The van der Waals surface area contributed by atoms with Gasteiger partial charge >= 0.3 is 0 Å². The molecule has 2 N–H and O–H groups in total. The number of nitrogens with zero attached hydrogens (tertiary/aromatic N) is 1. The van der Waals surface area contributed by atoms with Crippen molar-refractivity contribution in [3.63, 3.8) is 0 Å². The smallest absolute Gasteiger partial charge is 0.270 e. The molecule has 128 valence electrons. The minimum Gasteiger partial charge on any atom is -0.349 e. The first-order valence-corrected chi connectivity index (χ1v) is 7.71. The lowest BCUT2D eigenvalue weighted by atomic mass is 10.2. The molecule has 0 unspecified atom stereocenters. The van der Waals surface area contributed by atoms with Gasteiger partial charge in [-0.2, -0.15) is 0 Å². The van der Waals surface area contributed by atoms with Crippen LogP contribution in [0.25, 0.3) is 10.6 Å². The minimum atomic E-state index is -0.334. The Labute approximate surface area is 151 Å². The molecule has 1 atom stereocenters. The number of halogens is 3. The molecule has 0 fully saturated rings. The summed E-state index contributed by atoms with van der Waals surface area (Å²) in [6, 6.07) is 6.61. The molecule has 0 aliphatic rings. The molecule has 1 heterocycles. The highest BCUT2D eigenvalue weighted by Crippen LogP contribution is 2.25. The van der Waals surface area contributed by atoms with E-state index < -0.39 is 0 Å². The van der Waals surface area contributed by atoms with Gasteiger partial charge in [-0.05, 0) is 25.6 Å². The van der Waals surface area contributed by atoms with Gasteiger partial charge in [0.15, 0.2) is 0 Å². The van der Waals surface area contributed by atoms with Crippen molar-refractivity contribution in [2.24, 2.45) is 0 Å². The van der Waals surface area contributed by atoms with Crippen molar-refractivity contribution in [2.45, 2.75) is 19.9 Å². The second-order valence-electron chi connectivity index (χ2n) is 4.69. The summed E-state index contributed by atoms with van der Waals surface area (Å²) in [7, 11) is 0. The molecule has 0 aliphatic heterocycles. The van der Waals surface area contributed by atoms with Crippen molar-refractivity contribution in [1.29, 1.82) is 0 Å². The number of carbonyl (C=O) groups is 1. The first kappa shape index (κ1) is 21.8. The third kappa shape index (κ3) is 6.06. The maximum Gasteiger partial charge on any atom is 0.270 e. The van der Waals surface area contributed by atoms with Crippen molar-refractivity contribution in [3.8, 4) is 10.6 Å². The SMILES string of the molecule is CCN[C@H](C)CNC(=O)c1csc(-c2ccccc2F)n1.Cl.Cl. The van der Waals surface area contributed by atoms with Crippen LogP contribution < -0.4 is 10.6 Å². The Morgan fingerprint density at radius 3 is 2.70 bits per heavy atom. The third-order valence-corrected chi connectivity index (χ3v) is 3.84. The van der Waals surface area contributed by atoms with Gasteiger partial charge in [0.1, 0.15) is 16.5 Å². The highest BCUT2D eigenvalue weighted by atomic mass is 35.5. The van der Waals surface area contributed by atoms with Crippen LogP contribution in [0, 0.1) is 5.82 Å². The Bertz CT molecular complexity index is 624. The Hall–Kier alpha value is -1.21. The third-order valence-electron chi connectivity index (χ3n) is 2.96. The predicted octanol–water partition coefficient (Wildman–Crippen LogP) is 3.52. The molecule has 0 aliphatic carbocycles. The number of nitrogens with one attached hydrogen (secondary N) is 2. The number of rotatable bonds is 6. The zero-order valence-electron chi connectivity index (χ0n) is 12.8.